The average molecular weight is 1280 g/mol. The highest BCUT2D eigenvalue weighted by atomic mass is 31.2. The van der Waals surface area contributed by atoms with Crippen molar-refractivity contribution in [2.75, 3.05) is 39.6 Å². The highest BCUT2D eigenvalue weighted by Gasteiger charge is 2.29. The van der Waals surface area contributed by atoms with Crippen LogP contribution in [0.5, 0.6) is 0 Å². The number of carbonyl (C=O) groups is 3. The summed E-state index contributed by atoms with van der Waals surface area (Å²) >= 11 is 0. The lowest BCUT2D eigenvalue weighted by atomic mass is 10.1. The van der Waals surface area contributed by atoms with Crippen molar-refractivity contribution >= 4 is 33.6 Å². The summed E-state index contributed by atoms with van der Waals surface area (Å²) in [5.74, 6) is -1.78. The number of carbonyl (C=O) groups excluding carboxylic acids is 3. The van der Waals surface area contributed by atoms with Gasteiger partial charge < -0.3 is 34.2 Å². The molecule has 0 aromatic carbocycles. The fourth-order valence-corrected chi connectivity index (χ4v) is 8.91. The third-order valence-electron chi connectivity index (χ3n) is 12.1. The largest absolute Gasteiger partial charge is 0.472 e. The van der Waals surface area contributed by atoms with Crippen molar-refractivity contribution < 1.29 is 75.8 Å². The Labute approximate surface area is 534 Å². The average Bonchev–Trinajstić information content (AvgIpc) is 3.54. The Morgan fingerprint density at radius 1 is 0.315 bits per heavy atom. The van der Waals surface area contributed by atoms with Crippen LogP contribution in [0.15, 0.2) is 182 Å². The maximum Gasteiger partial charge on any atom is 0.472 e. The van der Waals surface area contributed by atoms with Gasteiger partial charge in [-0.2, -0.15) is 0 Å². The summed E-state index contributed by atoms with van der Waals surface area (Å²) in [6, 6.07) is 0. The molecule has 16 nitrogen and oxygen atoms in total. The monoisotopic (exact) mass is 1280 g/mol. The Hall–Kier alpha value is -5.35. The normalized spacial score (nSPS) is 15.4. The molecule has 0 bridgehead atoms. The number of phosphoric ester groups is 2. The number of esters is 3. The van der Waals surface area contributed by atoms with Crippen molar-refractivity contribution in [2.24, 2.45) is 0 Å². The number of ether oxygens (including phenoxy) is 3. The standard InChI is InChI=1S/C71H110O16P2/c1-4-7-10-13-16-19-22-25-28-31-32-35-37-39-42-45-48-51-54-57-69(74)81-60-66(72)61-83-88(77,78)84-62-67(73)63-85-89(79,80)86-65-68(87-71(76)59-56-53-50-47-44-41-38-34-30-27-24-21-18-15-12-9-6-3)64-82-70(75)58-55-52-49-46-43-40-36-33-29-26-23-20-17-14-11-8-5-2/h7-12,16-21,25-30,32,35-36,38-42,46,48-49,51,66-68,72-73H,4-6,13-15,22-24,31,33-34,37,43-45,47,50,52-65H2,1-3H3,(H,77,78)(H,79,80)/b10-7-,11-8-,12-9-,19-16-,20-17-,21-18-,28-25-,29-26-,30-27-,35-32-,40-36-,41-38-,42-39-,49-46-,51-48-. The number of allylic oxidation sites excluding steroid dienone is 30. The van der Waals surface area contributed by atoms with E-state index in [0.717, 1.165) is 116 Å². The van der Waals surface area contributed by atoms with Crippen LogP contribution >= 0.6 is 15.6 Å². The second-order valence-electron chi connectivity index (χ2n) is 20.4. The number of unbranched alkanes of at least 4 members (excludes halogenated alkanes) is 5. The Morgan fingerprint density at radius 3 is 0.978 bits per heavy atom. The smallest absolute Gasteiger partial charge is 0.463 e. The quantitative estimate of drug-likeness (QED) is 0.0146. The molecule has 89 heavy (non-hydrogen) atoms. The molecule has 0 aliphatic rings. The minimum Gasteiger partial charge on any atom is -0.463 e. The minimum absolute atomic E-state index is 0.0514. The molecule has 0 aromatic rings. The lowest BCUT2D eigenvalue weighted by Crippen LogP contribution is -2.30. The number of aliphatic hydroxyl groups excluding tert-OH is 2. The Bertz CT molecular complexity index is 2350. The molecular weight excluding hydrogens is 1170 g/mol. The van der Waals surface area contributed by atoms with Crippen LogP contribution in [0.1, 0.15) is 188 Å². The first-order valence-corrected chi connectivity index (χ1v) is 35.1. The number of hydrogen-bond acceptors (Lipinski definition) is 14. The third-order valence-corrected chi connectivity index (χ3v) is 14.0. The van der Waals surface area contributed by atoms with Gasteiger partial charge in [-0.05, 0) is 135 Å². The van der Waals surface area contributed by atoms with Gasteiger partial charge in [0.05, 0.1) is 26.4 Å². The van der Waals surface area contributed by atoms with Crippen LogP contribution in [0.3, 0.4) is 0 Å². The summed E-state index contributed by atoms with van der Waals surface area (Å²) < 4.78 is 60.6. The van der Waals surface area contributed by atoms with Gasteiger partial charge in [0.25, 0.3) is 0 Å². The molecule has 0 fully saturated rings. The minimum atomic E-state index is -4.96. The molecular formula is C71H110O16P2. The summed E-state index contributed by atoms with van der Waals surface area (Å²) in [5, 5.41) is 20.5. The molecule has 18 heteroatoms. The van der Waals surface area contributed by atoms with E-state index in [4.69, 9.17) is 32.3 Å². The lowest BCUT2D eigenvalue weighted by Gasteiger charge is -2.21. The number of hydrogen-bond donors (Lipinski definition) is 4. The highest BCUT2D eigenvalue weighted by molar-refractivity contribution is 7.47. The van der Waals surface area contributed by atoms with Gasteiger partial charge in [-0.25, -0.2) is 9.13 Å². The molecule has 0 aliphatic carbocycles. The van der Waals surface area contributed by atoms with Crippen LogP contribution in [0.25, 0.3) is 0 Å². The van der Waals surface area contributed by atoms with Gasteiger partial charge in [0.2, 0.25) is 0 Å². The van der Waals surface area contributed by atoms with E-state index in [2.05, 4.69) is 173 Å². The number of aliphatic hydroxyl groups is 2. The molecule has 5 atom stereocenters. The number of phosphoric acid groups is 2. The number of rotatable bonds is 58. The Balaban J connectivity index is 4.88. The maximum atomic E-state index is 12.9. The van der Waals surface area contributed by atoms with Gasteiger partial charge >= 0.3 is 33.6 Å². The van der Waals surface area contributed by atoms with Crippen LogP contribution < -0.4 is 0 Å². The molecule has 5 unspecified atom stereocenters. The Kier molecular flexibility index (Phi) is 59.0. The fourth-order valence-electron chi connectivity index (χ4n) is 7.33. The van der Waals surface area contributed by atoms with Gasteiger partial charge in [0, 0.05) is 19.3 Å². The molecule has 0 rings (SSSR count). The molecule has 0 saturated carbocycles. The summed E-state index contributed by atoms with van der Waals surface area (Å²) in [6.07, 6.45) is 78.3. The predicted molar refractivity (Wildman–Crippen MR) is 361 cm³/mol. The van der Waals surface area contributed by atoms with E-state index in [1.165, 1.54) is 0 Å². The highest BCUT2D eigenvalue weighted by Crippen LogP contribution is 2.45. The van der Waals surface area contributed by atoms with Crippen molar-refractivity contribution in [2.45, 2.75) is 206 Å². The molecule has 0 heterocycles. The summed E-state index contributed by atoms with van der Waals surface area (Å²) in [6.45, 7) is 2.07. The van der Waals surface area contributed by atoms with Crippen molar-refractivity contribution in [1.82, 2.24) is 0 Å². The van der Waals surface area contributed by atoms with E-state index in [1.807, 2.05) is 30.4 Å². The molecule has 0 spiro atoms. The van der Waals surface area contributed by atoms with Crippen LogP contribution in [0.2, 0.25) is 0 Å². The van der Waals surface area contributed by atoms with Gasteiger partial charge in [-0.3, -0.25) is 32.5 Å². The first kappa shape index (κ1) is 83.7. The molecule has 500 valence electrons. The van der Waals surface area contributed by atoms with Crippen LogP contribution in [0.4, 0.5) is 0 Å². The molecule has 0 aromatic heterocycles. The van der Waals surface area contributed by atoms with Gasteiger partial charge in [0.1, 0.15) is 25.4 Å². The van der Waals surface area contributed by atoms with Gasteiger partial charge in [0.15, 0.2) is 6.10 Å². The SMILES string of the molecule is CC/C=C\C/C=C\C/C=C\C/C=C\C/C=C\C/C=C\CCC(=O)OCC(O)COP(=O)(O)OCC(O)COP(=O)(O)OCC(COC(=O)CCC/C=C\C/C=C\C/C=C\C/C=C\C/C=C\CC)OC(=O)CCCCCC/C=C\C/C=C\C/C=C\C/C=C\CC. The zero-order chi connectivity index (χ0) is 65.3. The van der Waals surface area contributed by atoms with Gasteiger partial charge in [-0.1, -0.05) is 216 Å². The summed E-state index contributed by atoms with van der Waals surface area (Å²) in [5.41, 5.74) is 0. The summed E-state index contributed by atoms with van der Waals surface area (Å²) in [4.78, 5) is 58.2. The summed E-state index contributed by atoms with van der Waals surface area (Å²) in [7, 11) is -9.84. The van der Waals surface area contributed by atoms with Gasteiger partial charge in [-0.15, -0.1) is 0 Å². The van der Waals surface area contributed by atoms with E-state index in [9.17, 15) is 43.5 Å². The fraction of sp³-hybridized carbons (Fsp3) is 0.535. The van der Waals surface area contributed by atoms with Crippen molar-refractivity contribution in [3.63, 3.8) is 0 Å². The van der Waals surface area contributed by atoms with Crippen LogP contribution in [0, 0.1) is 0 Å². The molecule has 0 radical (unpaired) electrons. The molecule has 0 amide bonds. The van der Waals surface area contributed by atoms with E-state index in [-0.39, 0.29) is 19.3 Å². The van der Waals surface area contributed by atoms with Crippen molar-refractivity contribution in [1.29, 1.82) is 0 Å². The van der Waals surface area contributed by atoms with Crippen molar-refractivity contribution in [3.8, 4) is 0 Å². The topological polar surface area (TPSA) is 231 Å². The van der Waals surface area contributed by atoms with E-state index >= 15 is 0 Å². The Morgan fingerprint density at radius 2 is 0.596 bits per heavy atom. The van der Waals surface area contributed by atoms with E-state index in [1.54, 1.807) is 0 Å². The zero-order valence-electron chi connectivity index (χ0n) is 53.8. The van der Waals surface area contributed by atoms with E-state index < -0.39 is 91.5 Å². The third kappa shape index (κ3) is 64.0. The second kappa shape index (κ2) is 62.8. The van der Waals surface area contributed by atoms with Crippen LogP contribution in [-0.4, -0.2) is 95.9 Å². The first-order chi connectivity index (χ1) is 43.2. The molecule has 0 aliphatic heterocycles. The van der Waals surface area contributed by atoms with Crippen LogP contribution in [-0.2, 0) is 55.8 Å². The lowest BCUT2D eigenvalue weighted by molar-refractivity contribution is -0.161. The molecule has 0 saturated heterocycles. The molecule has 4 N–H and O–H groups in total. The van der Waals surface area contributed by atoms with Crippen molar-refractivity contribution in [3.05, 3.63) is 182 Å². The predicted octanol–water partition coefficient (Wildman–Crippen LogP) is 17.5. The maximum absolute atomic E-state index is 12.9. The first-order valence-electron chi connectivity index (χ1n) is 32.1. The zero-order valence-corrected chi connectivity index (χ0v) is 55.6. The second-order valence-corrected chi connectivity index (χ2v) is 23.3. The van der Waals surface area contributed by atoms with E-state index in [0.29, 0.717) is 32.1 Å².